The van der Waals surface area contributed by atoms with Crippen molar-refractivity contribution in [2.45, 2.75) is 51.2 Å². The molecule has 1 aromatic heterocycles. The number of hydrogen-bond donors (Lipinski definition) is 1. The third kappa shape index (κ3) is 6.34. The van der Waals surface area contributed by atoms with Gasteiger partial charge in [0.15, 0.2) is 0 Å². The second kappa shape index (κ2) is 11.0. The molecule has 1 aliphatic rings. The van der Waals surface area contributed by atoms with Crippen LogP contribution in [0.15, 0.2) is 29.6 Å². The number of aromatic nitrogens is 1. The lowest BCUT2D eigenvalue weighted by Crippen LogP contribution is -2.38. The molecule has 7 nitrogen and oxygen atoms in total. The molecule has 0 spiro atoms. The van der Waals surface area contributed by atoms with Crippen LogP contribution in [0.25, 0.3) is 0 Å². The Labute approximate surface area is 199 Å². The van der Waals surface area contributed by atoms with Gasteiger partial charge >= 0.3 is 12.1 Å². The second-order valence-corrected chi connectivity index (χ2v) is 8.95. The molecule has 11 heteroatoms. The number of nitrogens with zero attached hydrogens (tertiary/aromatic N) is 2. The fourth-order valence-corrected chi connectivity index (χ4v) is 4.79. The molecule has 1 fully saturated rings. The van der Waals surface area contributed by atoms with Crippen molar-refractivity contribution in [1.29, 1.82) is 0 Å². The molecule has 1 aliphatic heterocycles. The van der Waals surface area contributed by atoms with E-state index in [0.717, 1.165) is 11.1 Å². The van der Waals surface area contributed by atoms with Crippen LogP contribution in [0.4, 0.5) is 13.2 Å². The largest absolute Gasteiger partial charge is 0.466 e. The Kier molecular flexibility index (Phi) is 8.29. The summed E-state index contributed by atoms with van der Waals surface area (Å²) in [4.78, 5) is 42.6. The summed E-state index contributed by atoms with van der Waals surface area (Å²) in [6.07, 6.45) is -3.47. The van der Waals surface area contributed by atoms with Gasteiger partial charge in [0.1, 0.15) is 5.69 Å². The van der Waals surface area contributed by atoms with Crippen LogP contribution in [0.2, 0.25) is 0 Å². The summed E-state index contributed by atoms with van der Waals surface area (Å²) in [6.45, 7) is 4.28. The Morgan fingerprint density at radius 1 is 1.24 bits per heavy atom. The van der Waals surface area contributed by atoms with E-state index in [1.807, 2.05) is 0 Å². The molecule has 3 rings (SSSR count). The molecule has 2 heterocycles. The first kappa shape index (κ1) is 25.7. The van der Waals surface area contributed by atoms with E-state index >= 15 is 0 Å². The molecule has 1 unspecified atom stereocenters. The summed E-state index contributed by atoms with van der Waals surface area (Å²) in [5, 5.41) is 5.10. The molecule has 1 saturated heterocycles. The fourth-order valence-electron chi connectivity index (χ4n) is 3.81. The Morgan fingerprint density at radius 2 is 1.91 bits per heavy atom. The van der Waals surface area contributed by atoms with Crippen LogP contribution in [-0.2, 0) is 15.7 Å². The third-order valence-electron chi connectivity index (χ3n) is 5.50. The molecule has 2 aromatic rings. The second-order valence-electron chi connectivity index (χ2n) is 8.06. The van der Waals surface area contributed by atoms with Crippen molar-refractivity contribution in [3.8, 4) is 0 Å². The highest BCUT2D eigenvalue weighted by Crippen LogP contribution is 2.34. The number of likely N-dealkylation sites (tertiary alicyclic amines) is 1. The monoisotopic (exact) mass is 497 g/mol. The van der Waals surface area contributed by atoms with Crippen molar-refractivity contribution in [2.75, 3.05) is 19.7 Å². The number of nitrogens with one attached hydrogen (secondary N) is 1. The maximum Gasteiger partial charge on any atom is 0.417 e. The minimum Gasteiger partial charge on any atom is -0.466 e. The van der Waals surface area contributed by atoms with E-state index in [-0.39, 0.29) is 30.2 Å². The van der Waals surface area contributed by atoms with E-state index in [9.17, 15) is 27.6 Å². The predicted octanol–water partition coefficient (Wildman–Crippen LogP) is 4.25. The summed E-state index contributed by atoms with van der Waals surface area (Å²) in [7, 11) is 0. The lowest BCUT2D eigenvalue weighted by atomic mass is 9.96. The highest BCUT2D eigenvalue weighted by molar-refractivity contribution is 7.09. The number of alkyl halides is 3. The van der Waals surface area contributed by atoms with Gasteiger partial charge in [0.05, 0.1) is 29.2 Å². The summed E-state index contributed by atoms with van der Waals surface area (Å²) in [5.41, 5.74) is -1.04. The Bertz CT molecular complexity index is 1030. The van der Waals surface area contributed by atoms with Gasteiger partial charge in [0.2, 0.25) is 0 Å². The quantitative estimate of drug-likeness (QED) is 0.578. The van der Waals surface area contributed by atoms with Gasteiger partial charge in [-0.05, 0) is 38.8 Å². The molecular formula is C23H26F3N3O4S. The molecule has 0 saturated carbocycles. The normalized spacial score (nSPS) is 15.6. The first-order valence-electron chi connectivity index (χ1n) is 11.0. The summed E-state index contributed by atoms with van der Waals surface area (Å²) in [5.74, 6) is -1.42. The number of esters is 1. The van der Waals surface area contributed by atoms with Crippen molar-refractivity contribution < 1.29 is 32.3 Å². The van der Waals surface area contributed by atoms with Gasteiger partial charge < -0.3 is 15.0 Å². The van der Waals surface area contributed by atoms with E-state index in [2.05, 4.69) is 10.3 Å². The molecular weight excluding hydrogens is 471 g/mol. The summed E-state index contributed by atoms with van der Waals surface area (Å²) < 4.78 is 44.7. The van der Waals surface area contributed by atoms with Crippen molar-refractivity contribution in [3.63, 3.8) is 0 Å². The fraction of sp³-hybridized carbons (Fsp3) is 0.478. The van der Waals surface area contributed by atoms with Gasteiger partial charge in [-0.1, -0.05) is 12.1 Å². The Balaban J connectivity index is 1.57. The van der Waals surface area contributed by atoms with E-state index in [4.69, 9.17) is 4.74 Å². The minimum atomic E-state index is -4.60. The summed E-state index contributed by atoms with van der Waals surface area (Å²) in [6, 6.07) is 4.39. The summed E-state index contributed by atoms with van der Waals surface area (Å²) >= 11 is 1.33. The van der Waals surface area contributed by atoms with Crippen molar-refractivity contribution in [1.82, 2.24) is 15.2 Å². The zero-order chi connectivity index (χ0) is 24.9. The smallest absolute Gasteiger partial charge is 0.417 e. The van der Waals surface area contributed by atoms with Crippen LogP contribution >= 0.6 is 11.3 Å². The van der Waals surface area contributed by atoms with Gasteiger partial charge in [0.25, 0.3) is 11.8 Å². The molecule has 0 aliphatic carbocycles. The third-order valence-corrected chi connectivity index (χ3v) is 6.51. The van der Waals surface area contributed by atoms with Crippen LogP contribution in [0.1, 0.15) is 70.4 Å². The predicted molar refractivity (Wildman–Crippen MR) is 120 cm³/mol. The first-order valence-corrected chi connectivity index (χ1v) is 11.9. The van der Waals surface area contributed by atoms with Gasteiger partial charge in [0, 0.05) is 30.4 Å². The Hall–Kier alpha value is -2.95. The van der Waals surface area contributed by atoms with Crippen molar-refractivity contribution >= 4 is 29.1 Å². The van der Waals surface area contributed by atoms with E-state index in [1.54, 1.807) is 19.2 Å². The number of rotatable bonds is 7. The number of ether oxygens (including phenoxy) is 1. The molecule has 184 valence electrons. The SMILES string of the molecule is CCOC(=O)CC(C)NC(=O)c1csc(C2CCN(C(=O)c3ccccc3C(F)(F)F)CC2)n1. The number of carbonyl (C=O) groups excluding carboxylic acids is 3. The van der Waals surface area contributed by atoms with Crippen LogP contribution in [0.3, 0.4) is 0 Å². The zero-order valence-corrected chi connectivity index (χ0v) is 19.7. The number of hydrogen-bond acceptors (Lipinski definition) is 6. The van der Waals surface area contributed by atoms with Crippen LogP contribution in [-0.4, -0.2) is 53.4 Å². The van der Waals surface area contributed by atoms with E-state index in [1.165, 1.54) is 34.4 Å². The van der Waals surface area contributed by atoms with Gasteiger partial charge in [-0.3, -0.25) is 14.4 Å². The van der Waals surface area contributed by atoms with Crippen molar-refractivity contribution in [3.05, 3.63) is 51.5 Å². The average molecular weight is 498 g/mol. The number of carbonyl (C=O) groups is 3. The van der Waals surface area contributed by atoms with Crippen LogP contribution < -0.4 is 5.32 Å². The van der Waals surface area contributed by atoms with Crippen LogP contribution in [0, 0.1) is 0 Å². The molecule has 34 heavy (non-hydrogen) atoms. The van der Waals surface area contributed by atoms with Crippen LogP contribution in [0.5, 0.6) is 0 Å². The van der Waals surface area contributed by atoms with Gasteiger partial charge in [-0.2, -0.15) is 13.2 Å². The number of piperidine rings is 1. The maximum absolute atomic E-state index is 13.3. The zero-order valence-electron chi connectivity index (χ0n) is 18.9. The number of halogens is 3. The Morgan fingerprint density at radius 3 is 2.56 bits per heavy atom. The van der Waals surface area contributed by atoms with E-state index < -0.39 is 35.6 Å². The lowest BCUT2D eigenvalue weighted by Gasteiger charge is -2.31. The number of benzene rings is 1. The highest BCUT2D eigenvalue weighted by Gasteiger charge is 2.36. The molecule has 2 amide bonds. The lowest BCUT2D eigenvalue weighted by molar-refractivity contribution is -0.143. The molecule has 1 N–H and O–H groups in total. The number of amides is 2. The van der Waals surface area contributed by atoms with Gasteiger partial charge in [-0.25, -0.2) is 4.98 Å². The topological polar surface area (TPSA) is 88.6 Å². The molecule has 0 bridgehead atoms. The standard InChI is InChI=1S/C23H26F3N3O4S/c1-3-33-19(30)12-14(2)27-20(31)18-13-34-21(28-18)15-8-10-29(11-9-15)22(32)16-6-4-5-7-17(16)23(24,25)26/h4-7,13-15H,3,8-12H2,1-2H3,(H,27,31). The first-order chi connectivity index (χ1) is 16.1. The number of thiazole rings is 1. The van der Waals surface area contributed by atoms with E-state index in [0.29, 0.717) is 25.9 Å². The average Bonchev–Trinajstić information content (AvgIpc) is 3.29. The minimum absolute atomic E-state index is 0.00501. The molecule has 1 aromatic carbocycles. The van der Waals surface area contributed by atoms with Gasteiger partial charge in [-0.15, -0.1) is 11.3 Å². The maximum atomic E-state index is 13.3. The van der Waals surface area contributed by atoms with Crippen molar-refractivity contribution in [2.24, 2.45) is 0 Å². The molecule has 0 radical (unpaired) electrons. The molecule has 1 atom stereocenters. The highest BCUT2D eigenvalue weighted by atomic mass is 32.1.